The van der Waals surface area contributed by atoms with Gasteiger partial charge in [0.1, 0.15) is 11.6 Å². The van der Waals surface area contributed by atoms with Crippen LogP contribution in [0.15, 0.2) is 12.1 Å². The Morgan fingerprint density at radius 2 is 2.29 bits per heavy atom. The van der Waals surface area contributed by atoms with Crippen LogP contribution in [-0.2, 0) is 11.3 Å². The van der Waals surface area contributed by atoms with Crippen LogP contribution in [0.3, 0.4) is 0 Å². The molecule has 3 rings (SSSR count). The maximum Gasteiger partial charge on any atom is 0.144 e. The van der Waals surface area contributed by atoms with Gasteiger partial charge in [-0.15, -0.1) is 11.6 Å². The standard InChI is InChI=1S/C15H17Cl2FN2O/c1-9(16)15-19-13-7-12(18)11(17)6-14(13)20(15)8-10-4-2-3-5-21-10/h6-7,9-10H,2-5,8H2,1H3. The predicted octanol–water partition coefficient (Wildman–Crippen LogP) is 4.70. The summed E-state index contributed by atoms with van der Waals surface area (Å²) in [4.78, 5) is 4.46. The highest BCUT2D eigenvalue weighted by molar-refractivity contribution is 6.31. The molecule has 2 atom stereocenters. The molecule has 0 spiro atoms. The molecule has 114 valence electrons. The number of halogens is 3. The molecule has 0 aliphatic carbocycles. The lowest BCUT2D eigenvalue weighted by atomic mass is 10.1. The van der Waals surface area contributed by atoms with Gasteiger partial charge in [0.15, 0.2) is 0 Å². The molecular formula is C15H17Cl2FN2O. The fraction of sp³-hybridized carbons (Fsp3) is 0.533. The van der Waals surface area contributed by atoms with Gasteiger partial charge in [-0.25, -0.2) is 9.37 Å². The van der Waals surface area contributed by atoms with Gasteiger partial charge in [-0.1, -0.05) is 11.6 Å². The first-order valence-electron chi connectivity index (χ1n) is 7.17. The van der Waals surface area contributed by atoms with E-state index >= 15 is 0 Å². The van der Waals surface area contributed by atoms with E-state index in [4.69, 9.17) is 27.9 Å². The molecule has 2 unspecified atom stereocenters. The van der Waals surface area contributed by atoms with Crippen LogP contribution in [0.4, 0.5) is 4.39 Å². The first kappa shape index (κ1) is 15.1. The van der Waals surface area contributed by atoms with E-state index in [-0.39, 0.29) is 16.5 Å². The van der Waals surface area contributed by atoms with Crippen LogP contribution in [0.5, 0.6) is 0 Å². The highest BCUT2D eigenvalue weighted by atomic mass is 35.5. The maximum absolute atomic E-state index is 13.6. The molecular weight excluding hydrogens is 314 g/mol. The second-order valence-electron chi connectivity index (χ2n) is 5.44. The van der Waals surface area contributed by atoms with Gasteiger partial charge < -0.3 is 9.30 Å². The minimum Gasteiger partial charge on any atom is -0.376 e. The van der Waals surface area contributed by atoms with E-state index < -0.39 is 5.82 Å². The lowest BCUT2D eigenvalue weighted by Gasteiger charge is -2.24. The molecule has 0 saturated carbocycles. The highest BCUT2D eigenvalue weighted by Crippen LogP contribution is 2.29. The average Bonchev–Trinajstić information content (AvgIpc) is 2.79. The van der Waals surface area contributed by atoms with Crippen molar-refractivity contribution in [1.82, 2.24) is 9.55 Å². The van der Waals surface area contributed by atoms with Crippen molar-refractivity contribution >= 4 is 34.2 Å². The fourth-order valence-electron chi connectivity index (χ4n) is 2.79. The van der Waals surface area contributed by atoms with Gasteiger partial charge in [0.2, 0.25) is 0 Å². The molecule has 0 N–H and O–H groups in total. The lowest BCUT2D eigenvalue weighted by Crippen LogP contribution is -2.25. The van der Waals surface area contributed by atoms with E-state index in [1.807, 2.05) is 11.5 Å². The Labute approximate surface area is 133 Å². The summed E-state index contributed by atoms with van der Waals surface area (Å²) in [5.74, 6) is 0.263. The molecule has 1 aliphatic rings. The molecule has 0 bridgehead atoms. The first-order valence-corrected chi connectivity index (χ1v) is 7.98. The SMILES string of the molecule is CC(Cl)c1nc2cc(F)c(Cl)cc2n1CC1CCCCO1. The summed E-state index contributed by atoms with van der Waals surface area (Å²) in [6.45, 7) is 3.32. The van der Waals surface area contributed by atoms with Crippen molar-refractivity contribution in [3.05, 3.63) is 28.8 Å². The number of benzene rings is 1. The first-order chi connectivity index (χ1) is 10.1. The molecule has 21 heavy (non-hydrogen) atoms. The highest BCUT2D eigenvalue weighted by Gasteiger charge is 2.21. The molecule has 3 nitrogen and oxygen atoms in total. The number of aromatic nitrogens is 2. The quantitative estimate of drug-likeness (QED) is 0.763. The van der Waals surface area contributed by atoms with Crippen LogP contribution in [-0.4, -0.2) is 22.3 Å². The molecule has 2 aromatic rings. The van der Waals surface area contributed by atoms with E-state index in [0.29, 0.717) is 12.1 Å². The maximum atomic E-state index is 13.6. The van der Waals surface area contributed by atoms with Crippen LogP contribution in [0.2, 0.25) is 5.02 Å². The van der Waals surface area contributed by atoms with Crippen LogP contribution < -0.4 is 0 Å². The Kier molecular flexibility index (Phi) is 4.38. The van der Waals surface area contributed by atoms with Crippen LogP contribution >= 0.6 is 23.2 Å². The van der Waals surface area contributed by atoms with Crippen LogP contribution in [0.25, 0.3) is 11.0 Å². The number of alkyl halides is 1. The number of imidazole rings is 1. The van der Waals surface area contributed by atoms with Crippen molar-refractivity contribution < 1.29 is 9.13 Å². The number of nitrogens with zero attached hydrogens (tertiary/aromatic N) is 2. The summed E-state index contributed by atoms with van der Waals surface area (Å²) in [6.07, 6.45) is 3.44. The molecule has 0 amide bonds. The molecule has 1 saturated heterocycles. The van der Waals surface area contributed by atoms with E-state index in [1.165, 1.54) is 12.5 Å². The molecule has 0 radical (unpaired) electrons. The molecule has 1 aromatic heterocycles. The topological polar surface area (TPSA) is 27.1 Å². The normalized spacial score (nSPS) is 20.9. The van der Waals surface area contributed by atoms with E-state index in [9.17, 15) is 4.39 Å². The lowest BCUT2D eigenvalue weighted by molar-refractivity contribution is 0.00619. The third kappa shape index (κ3) is 3.03. The summed E-state index contributed by atoms with van der Waals surface area (Å²) in [5, 5.41) is -0.162. The molecule has 6 heteroatoms. The van der Waals surface area contributed by atoms with Crippen LogP contribution in [0, 0.1) is 5.82 Å². The van der Waals surface area contributed by atoms with Crippen LogP contribution in [0.1, 0.15) is 37.4 Å². The summed E-state index contributed by atoms with van der Waals surface area (Å²) in [6, 6.07) is 2.98. The van der Waals surface area contributed by atoms with E-state index in [1.54, 1.807) is 6.07 Å². The largest absolute Gasteiger partial charge is 0.376 e. The molecule has 1 aliphatic heterocycles. The summed E-state index contributed by atoms with van der Waals surface area (Å²) >= 11 is 12.1. The zero-order chi connectivity index (χ0) is 15.0. The van der Waals surface area contributed by atoms with Gasteiger partial charge in [-0.3, -0.25) is 0 Å². The van der Waals surface area contributed by atoms with Crippen molar-refractivity contribution in [1.29, 1.82) is 0 Å². The minimum atomic E-state index is -0.462. The van der Waals surface area contributed by atoms with Gasteiger partial charge in [-0.05, 0) is 32.3 Å². The molecule has 1 fully saturated rings. The second kappa shape index (κ2) is 6.11. The number of rotatable bonds is 3. The van der Waals surface area contributed by atoms with Crippen molar-refractivity contribution in [3.8, 4) is 0 Å². The Hall–Kier alpha value is -0.840. The zero-order valence-corrected chi connectivity index (χ0v) is 13.3. The molecule has 1 aromatic carbocycles. The summed E-state index contributed by atoms with van der Waals surface area (Å²) in [7, 11) is 0. The smallest absolute Gasteiger partial charge is 0.144 e. The second-order valence-corrected chi connectivity index (χ2v) is 6.50. The zero-order valence-electron chi connectivity index (χ0n) is 11.8. The van der Waals surface area contributed by atoms with Gasteiger partial charge in [0.05, 0.1) is 34.1 Å². The monoisotopic (exact) mass is 330 g/mol. The van der Waals surface area contributed by atoms with Crippen molar-refractivity contribution in [2.24, 2.45) is 0 Å². The van der Waals surface area contributed by atoms with Crippen molar-refractivity contribution in [3.63, 3.8) is 0 Å². The number of hydrogen-bond donors (Lipinski definition) is 0. The number of fused-ring (bicyclic) bond motifs is 1. The van der Waals surface area contributed by atoms with Gasteiger partial charge in [0, 0.05) is 12.7 Å². The summed E-state index contributed by atoms with van der Waals surface area (Å²) in [5.41, 5.74) is 1.38. The Balaban J connectivity index is 2.04. The number of ether oxygens (including phenoxy) is 1. The van der Waals surface area contributed by atoms with Crippen molar-refractivity contribution in [2.75, 3.05) is 6.61 Å². The molecule has 2 heterocycles. The third-order valence-corrected chi connectivity index (χ3v) is 4.32. The summed E-state index contributed by atoms with van der Waals surface area (Å²) < 4.78 is 21.4. The minimum absolute atomic E-state index is 0.0991. The Bertz CT molecular complexity index is 651. The average molecular weight is 331 g/mol. The predicted molar refractivity (Wildman–Crippen MR) is 82.6 cm³/mol. The third-order valence-electron chi connectivity index (χ3n) is 3.84. The van der Waals surface area contributed by atoms with E-state index in [2.05, 4.69) is 4.98 Å². The fourth-order valence-corrected chi connectivity index (χ4v) is 3.11. The van der Waals surface area contributed by atoms with Gasteiger partial charge >= 0.3 is 0 Å². The van der Waals surface area contributed by atoms with Crippen molar-refractivity contribution in [2.45, 2.75) is 44.2 Å². The van der Waals surface area contributed by atoms with Gasteiger partial charge in [-0.2, -0.15) is 0 Å². The number of hydrogen-bond acceptors (Lipinski definition) is 2. The van der Waals surface area contributed by atoms with E-state index in [0.717, 1.165) is 30.8 Å². The Morgan fingerprint density at radius 1 is 1.48 bits per heavy atom. The van der Waals surface area contributed by atoms with Gasteiger partial charge in [0.25, 0.3) is 0 Å². The Morgan fingerprint density at radius 3 is 2.95 bits per heavy atom.